The molecule has 6 heteroatoms. The summed E-state index contributed by atoms with van der Waals surface area (Å²) in [5.41, 5.74) is 3.05. The van der Waals surface area contributed by atoms with Crippen molar-refractivity contribution in [3.05, 3.63) is 87.4 Å². The van der Waals surface area contributed by atoms with E-state index >= 15 is 0 Å². The SMILES string of the molecule is CC(=O)N1CCc2sccc2C1c1ccc(NC(=O)c2cccc(F)c2)cc1. The molecule has 1 unspecified atom stereocenters. The van der Waals surface area contributed by atoms with Gasteiger partial charge in [-0.15, -0.1) is 11.3 Å². The summed E-state index contributed by atoms with van der Waals surface area (Å²) < 4.78 is 13.3. The molecule has 0 aliphatic carbocycles. The highest BCUT2D eigenvalue weighted by atomic mass is 32.1. The van der Waals surface area contributed by atoms with E-state index in [1.165, 1.54) is 28.6 Å². The number of nitrogens with zero attached hydrogens (tertiary/aromatic N) is 1. The van der Waals surface area contributed by atoms with Gasteiger partial charge in [-0.05, 0) is 59.3 Å². The van der Waals surface area contributed by atoms with Crippen LogP contribution in [-0.2, 0) is 11.2 Å². The van der Waals surface area contributed by atoms with Crippen LogP contribution in [0.5, 0.6) is 0 Å². The Bertz CT molecular complexity index is 1030. The number of rotatable bonds is 3. The van der Waals surface area contributed by atoms with Crippen LogP contribution in [0, 0.1) is 5.82 Å². The third-order valence-corrected chi connectivity index (χ3v) is 5.94. The molecule has 0 bridgehead atoms. The maximum Gasteiger partial charge on any atom is 0.255 e. The number of halogens is 1. The lowest BCUT2D eigenvalue weighted by Crippen LogP contribution is -2.38. The highest BCUT2D eigenvalue weighted by Gasteiger charge is 2.31. The second kappa shape index (κ2) is 7.56. The van der Waals surface area contributed by atoms with Crippen LogP contribution >= 0.6 is 11.3 Å². The van der Waals surface area contributed by atoms with E-state index in [1.807, 2.05) is 29.2 Å². The second-order valence-corrected chi connectivity index (χ2v) is 7.75. The third kappa shape index (κ3) is 3.55. The second-order valence-electron chi connectivity index (χ2n) is 6.75. The van der Waals surface area contributed by atoms with Crippen LogP contribution < -0.4 is 5.32 Å². The molecule has 142 valence electrons. The van der Waals surface area contributed by atoms with Crippen molar-refractivity contribution in [2.75, 3.05) is 11.9 Å². The summed E-state index contributed by atoms with van der Waals surface area (Å²) in [6.07, 6.45) is 0.880. The lowest BCUT2D eigenvalue weighted by Gasteiger charge is -2.35. The zero-order chi connectivity index (χ0) is 19.7. The van der Waals surface area contributed by atoms with E-state index in [4.69, 9.17) is 0 Å². The molecule has 1 atom stereocenters. The summed E-state index contributed by atoms with van der Waals surface area (Å²) in [4.78, 5) is 27.6. The number of carbonyl (C=O) groups is 2. The highest BCUT2D eigenvalue weighted by Crippen LogP contribution is 2.38. The summed E-state index contributed by atoms with van der Waals surface area (Å²) in [5.74, 6) is -0.767. The fraction of sp³-hybridized carbons (Fsp3) is 0.182. The molecule has 4 rings (SSSR count). The number of hydrogen-bond acceptors (Lipinski definition) is 3. The van der Waals surface area contributed by atoms with Crippen molar-refractivity contribution in [2.45, 2.75) is 19.4 Å². The first-order chi connectivity index (χ1) is 13.5. The van der Waals surface area contributed by atoms with Gasteiger partial charge in [-0.2, -0.15) is 0 Å². The summed E-state index contributed by atoms with van der Waals surface area (Å²) in [7, 11) is 0. The van der Waals surface area contributed by atoms with Crippen LogP contribution in [0.4, 0.5) is 10.1 Å². The van der Waals surface area contributed by atoms with Crippen LogP contribution in [0.3, 0.4) is 0 Å². The molecule has 1 N–H and O–H groups in total. The number of fused-ring (bicyclic) bond motifs is 1. The van der Waals surface area contributed by atoms with Crippen LogP contribution in [0.1, 0.15) is 39.3 Å². The normalized spacial score (nSPS) is 15.8. The van der Waals surface area contributed by atoms with E-state index in [0.29, 0.717) is 12.2 Å². The van der Waals surface area contributed by atoms with Crippen molar-refractivity contribution in [3.63, 3.8) is 0 Å². The minimum absolute atomic E-state index is 0.0466. The van der Waals surface area contributed by atoms with Crippen molar-refractivity contribution in [1.82, 2.24) is 4.90 Å². The molecule has 0 radical (unpaired) electrons. The van der Waals surface area contributed by atoms with E-state index in [1.54, 1.807) is 24.3 Å². The zero-order valence-electron chi connectivity index (χ0n) is 15.3. The molecule has 2 amide bonds. The first-order valence-electron chi connectivity index (χ1n) is 9.03. The Labute approximate surface area is 166 Å². The van der Waals surface area contributed by atoms with Crippen molar-refractivity contribution in [3.8, 4) is 0 Å². The third-order valence-electron chi connectivity index (χ3n) is 4.94. The number of carbonyl (C=O) groups excluding carboxylic acids is 2. The Morgan fingerprint density at radius 1 is 1.14 bits per heavy atom. The van der Waals surface area contributed by atoms with Gasteiger partial charge in [-0.3, -0.25) is 9.59 Å². The maximum absolute atomic E-state index is 13.3. The quantitative estimate of drug-likeness (QED) is 0.704. The van der Waals surface area contributed by atoms with Crippen LogP contribution in [0.2, 0.25) is 0 Å². The van der Waals surface area contributed by atoms with E-state index in [2.05, 4.69) is 16.8 Å². The molecule has 4 nitrogen and oxygen atoms in total. The van der Waals surface area contributed by atoms with Crippen LogP contribution in [0.25, 0.3) is 0 Å². The standard InChI is InChI=1S/C22H19FN2O2S/c1-14(26)25-11-9-20-19(10-12-28-20)21(25)15-5-7-18(8-6-15)24-22(27)16-3-2-4-17(23)13-16/h2-8,10,12-13,21H,9,11H2,1H3,(H,24,27). The molecule has 1 aliphatic rings. The molecule has 3 aromatic rings. The van der Waals surface area contributed by atoms with E-state index in [9.17, 15) is 14.0 Å². The number of anilines is 1. The fourth-order valence-corrected chi connectivity index (χ4v) is 4.50. The van der Waals surface area contributed by atoms with Gasteiger partial charge < -0.3 is 10.2 Å². The molecular formula is C22H19FN2O2S. The summed E-state index contributed by atoms with van der Waals surface area (Å²) in [5, 5.41) is 4.84. The van der Waals surface area contributed by atoms with Crippen molar-refractivity contribution in [2.24, 2.45) is 0 Å². The first-order valence-corrected chi connectivity index (χ1v) is 9.91. The smallest absolute Gasteiger partial charge is 0.255 e. The van der Waals surface area contributed by atoms with Crippen molar-refractivity contribution >= 4 is 28.8 Å². The highest BCUT2D eigenvalue weighted by molar-refractivity contribution is 7.10. The molecule has 2 aromatic carbocycles. The van der Waals surface area contributed by atoms with Gasteiger partial charge in [0.2, 0.25) is 5.91 Å². The molecule has 28 heavy (non-hydrogen) atoms. The monoisotopic (exact) mass is 394 g/mol. The summed E-state index contributed by atoms with van der Waals surface area (Å²) in [6.45, 7) is 2.30. The Morgan fingerprint density at radius 2 is 1.93 bits per heavy atom. The minimum Gasteiger partial charge on any atom is -0.331 e. The number of benzene rings is 2. The number of hydrogen-bond donors (Lipinski definition) is 1. The van der Waals surface area contributed by atoms with Crippen LogP contribution in [-0.4, -0.2) is 23.3 Å². The molecular weight excluding hydrogens is 375 g/mol. The topological polar surface area (TPSA) is 49.4 Å². The summed E-state index contributed by atoms with van der Waals surface area (Å²) >= 11 is 1.72. The molecule has 2 heterocycles. The van der Waals surface area contributed by atoms with Crippen molar-refractivity contribution < 1.29 is 14.0 Å². The van der Waals surface area contributed by atoms with Crippen molar-refractivity contribution in [1.29, 1.82) is 0 Å². The fourth-order valence-electron chi connectivity index (χ4n) is 3.60. The molecule has 1 aromatic heterocycles. The lowest BCUT2D eigenvalue weighted by atomic mass is 9.93. The van der Waals surface area contributed by atoms with Gasteiger partial charge in [0, 0.05) is 29.6 Å². The predicted molar refractivity (Wildman–Crippen MR) is 108 cm³/mol. The van der Waals surface area contributed by atoms with E-state index < -0.39 is 5.82 Å². The van der Waals surface area contributed by atoms with Gasteiger partial charge in [0.15, 0.2) is 0 Å². The number of thiophene rings is 1. The average Bonchev–Trinajstić information content (AvgIpc) is 3.16. The van der Waals surface area contributed by atoms with Gasteiger partial charge in [-0.1, -0.05) is 18.2 Å². The number of nitrogens with one attached hydrogen (secondary N) is 1. The van der Waals surface area contributed by atoms with Gasteiger partial charge in [0.05, 0.1) is 6.04 Å². The van der Waals surface area contributed by atoms with Gasteiger partial charge in [0.25, 0.3) is 5.91 Å². The number of amides is 2. The maximum atomic E-state index is 13.3. The average molecular weight is 394 g/mol. The lowest BCUT2D eigenvalue weighted by molar-refractivity contribution is -0.130. The molecule has 0 spiro atoms. The van der Waals surface area contributed by atoms with Gasteiger partial charge in [-0.25, -0.2) is 4.39 Å². The zero-order valence-corrected chi connectivity index (χ0v) is 16.1. The van der Waals surface area contributed by atoms with E-state index in [0.717, 1.165) is 12.0 Å². The molecule has 0 saturated heterocycles. The first kappa shape index (κ1) is 18.4. The van der Waals surface area contributed by atoms with Crippen LogP contribution in [0.15, 0.2) is 60.0 Å². The Morgan fingerprint density at radius 3 is 2.64 bits per heavy atom. The largest absolute Gasteiger partial charge is 0.331 e. The Balaban J connectivity index is 1.57. The summed E-state index contributed by atoms with van der Waals surface area (Å²) in [6, 6.07) is 15.0. The molecule has 1 aliphatic heterocycles. The van der Waals surface area contributed by atoms with E-state index in [-0.39, 0.29) is 23.4 Å². The van der Waals surface area contributed by atoms with Gasteiger partial charge in [0.1, 0.15) is 5.82 Å². The molecule has 0 saturated carbocycles. The Kier molecular flexibility index (Phi) is 4.96. The molecule has 0 fully saturated rings. The predicted octanol–water partition coefficient (Wildman–Crippen LogP) is 4.63. The Hall–Kier alpha value is -2.99. The minimum atomic E-state index is -0.448. The van der Waals surface area contributed by atoms with Gasteiger partial charge >= 0.3 is 0 Å².